The van der Waals surface area contributed by atoms with Gasteiger partial charge in [0.1, 0.15) is 6.10 Å². The fourth-order valence-electron chi connectivity index (χ4n) is 1.19. The molecule has 0 amide bonds. The van der Waals surface area contributed by atoms with Crippen LogP contribution in [0.15, 0.2) is 48.6 Å². The van der Waals surface area contributed by atoms with Crippen molar-refractivity contribution in [3.05, 3.63) is 54.1 Å². The first kappa shape index (κ1) is 13.7. The minimum absolute atomic E-state index is 0.156. The average molecular weight is 246 g/mol. The molecular weight excluding hydrogens is 232 g/mol. The predicted octanol–water partition coefficient (Wildman–Crippen LogP) is 2.27. The topological polar surface area (TPSA) is 63.6 Å². The summed E-state index contributed by atoms with van der Waals surface area (Å²) < 4.78 is 4.89. The van der Waals surface area contributed by atoms with Crippen LogP contribution >= 0.6 is 0 Å². The van der Waals surface area contributed by atoms with Crippen LogP contribution in [-0.2, 0) is 14.3 Å². The summed E-state index contributed by atoms with van der Waals surface area (Å²) in [5, 5.41) is 8.66. The van der Waals surface area contributed by atoms with Crippen LogP contribution < -0.4 is 0 Å². The number of aliphatic carboxylic acids is 1. The maximum absolute atomic E-state index is 11.4. The third-order valence-electron chi connectivity index (χ3n) is 2.27. The standard InChI is InChI=1S/C14H14O4/c1-10(14(16)17)11(2)18-13(15)9-8-12-6-4-3-5-7-12/h3-9,11H,1H2,2H3,(H,16,17). The number of carboxylic acids is 1. The highest BCUT2D eigenvalue weighted by Crippen LogP contribution is 2.06. The predicted molar refractivity (Wildman–Crippen MR) is 67.8 cm³/mol. The maximum Gasteiger partial charge on any atom is 0.334 e. The second kappa shape index (κ2) is 6.39. The summed E-state index contributed by atoms with van der Waals surface area (Å²) in [5.41, 5.74) is 0.704. The monoisotopic (exact) mass is 246 g/mol. The zero-order chi connectivity index (χ0) is 13.5. The summed E-state index contributed by atoms with van der Waals surface area (Å²) >= 11 is 0. The van der Waals surface area contributed by atoms with Crippen molar-refractivity contribution in [2.75, 3.05) is 0 Å². The van der Waals surface area contributed by atoms with E-state index in [0.29, 0.717) is 0 Å². The van der Waals surface area contributed by atoms with Gasteiger partial charge in [-0.1, -0.05) is 36.9 Å². The van der Waals surface area contributed by atoms with E-state index in [1.807, 2.05) is 30.3 Å². The number of esters is 1. The lowest BCUT2D eigenvalue weighted by atomic mass is 10.2. The Kier molecular flexibility index (Phi) is 4.87. The highest BCUT2D eigenvalue weighted by molar-refractivity contribution is 5.90. The summed E-state index contributed by atoms with van der Waals surface area (Å²) in [6.45, 7) is 4.79. The molecule has 0 spiro atoms. The van der Waals surface area contributed by atoms with Gasteiger partial charge in [-0.3, -0.25) is 0 Å². The Morgan fingerprint density at radius 2 is 1.94 bits per heavy atom. The second-order valence-corrected chi connectivity index (χ2v) is 3.65. The van der Waals surface area contributed by atoms with Crippen LogP contribution in [0.1, 0.15) is 12.5 Å². The Balaban J connectivity index is 2.55. The minimum atomic E-state index is -1.18. The highest BCUT2D eigenvalue weighted by Gasteiger charge is 2.16. The van der Waals surface area contributed by atoms with Crippen molar-refractivity contribution in [2.45, 2.75) is 13.0 Å². The summed E-state index contributed by atoms with van der Waals surface area (Å²) in [5.74, 6) is -1.78. The molecular formula is C14H14O4. The Morgan fingerprint density at radius 1 is 1.33 bits per heavy atom. The fraction of sp³-hybridized carbons (Fsp3) is 0.143. The molecule has 18 heavy (non-hydrogen) atoms. The van der Waals surface area contributed by atoms with Gasteiger partial charge in [0, 0.05) is 6.08 Å². The van der Waals surface area contributed by atoms with E-state index < -0.39 is 18.0 Å². The van der Waals surface area contributed by atoms with Crippen LogP contribution in [0, 0.1) is 0 Å². The number of rotatable bonds is 5. The van der Waals surface area contributed by atoms with E-state index in [2.05, 4.69) is 6.58 Å². The lowest BCUT2D eigenvalue weighted by Crippen LogP contribution is -2.20. The molecule has 0 bridgehead atoms. The van der Waals surface area contributed by atoms with Gasteiger partial charge in [-0.25, -0.2) is 9.59 Å². The largest absolute Gasteiger partial charge is 0.478 e. The molecule has 0 aliphatic rings. The number of carboxylic acid groups (broad SMARTS) is 1. The summed E-state index contributed by atoms with van der Waals surface area (Å²) in [7, 11) is 0. The zero-order valence-corrected chi connectivity index (χ0v) is 10.00. The van der Waals surface area contributed by atoms with Crippen LogP contribution in [0.25, 0.3) is 6.08 Å². The van der Waals surface area contributed by atoms with E-state index >= 15 is 0 Å². The van der Waals surface area contributed by atoms with Crippen molar-refractivity contribution < 1.29 is 19.4 Å². The number of carbonyl (C=O) groups excluding carboxylic acids is 1. The third kappa shape index (κ3) is 4.25. The number of benzene rings is 1. The van der Waals surface area contributed by atoms with Crippen LogP contribution in [0.4, 0.5) is 0 Å². The molecule has 0 heterocycles. The van der Waals surface area contributed by atoms with Crippen LogP contribution in [0.3, 0.4) is 0 Å². The number of carbonyl (C=O) groups is 2. The SMILES string of the molecule is C=C(C(=O)O)C(C)OC(=O)C=Cc1ccccc1. The Morgan fingerprint density at radius 3 is 2.50 bits per heavy atom. The molecule has 1 aromatic carbocycles. The van der Waals surface area contributed by atoms with Gasteiger partial charge in [0.05, 0.1) is 5.57 Å². The van der Waals surface area contributed by atoms with Gasteiger partial charge in [-0.2, -0.15) is 0 Å². The smallest absolute Gasteiger partial charge is 0.334 e. The first-order chi connectivity index (χ1) is 8.50. The minimum Gasteiger partial charge on any atom is -0.478 e. The van der Waals surface area contributed by atoms with E-state index in [-0.39, 0.29) is 5.57 Å². The number of hydrogen-bond acceptors (Lipinski definition) is 3. The van der Waals surface area contributed by atoms with Gasteiger partial charge in [0.2, 0.25) is 0 Å². The van der Waals surface area contributed by atoms with Crippen LogP contribution in [0.5, 0.6) is 0 Å². The fourth-order valence-corrected chi connectivity index (χ4v) is 1.19. The van der Waals surface area contributed by atoms with E-state index in [1.54, 1.807) is 6.08 Å². The average Bonchev–Trinajstić information content (AvgIpc) is 2.36. The summed E-state index contributed by atoms with van der Waals surface area (Å²) in [4.78, 5) is 22.0. The maximum atomic E-state index is 11.4. The van der Waals surface area contributed by atoms with Gasteiger partial charge in [-0.05, 0) is 18.6 Å². The van der Waals surface area contributed by atoms with Gasteiger partial charge >= 0.3 is 11.9 Å². The Hall–Kier alpha value is -2.36. The highest BCUT2D eigenvalue weighted by atomic mass is 16.5. The number of ether oxygens (including phenoxy) is 1. The lowest BCUT2D eigenvalue weighted by molar-refractivity contribution is -0.142. The molecule has 4 nitrogen and oxygen atoms in total. The molecule has 1 rings (SSSR count). The molecule has 0 aliphatic heterocycles. The quantitative estimate of drug-likeness (QED) is 0.639. The van der Waals surface area contributed by atoms with E-state index in [1.165, 1.54) is 13.0 Å². The normalized spacial score (nSPS) is 12.1. The summed E-state index contributed by atoms with van der Waals surface area (Å²) in [6.07, 6.45) is 2.00. The number of hydrogen-bond donors (Lipinski definition) is 1. The van der Waals surface area contributed by atoms with Crippen molar-refractivity contribution in [1.29, 1.82) is 0 Å². The van der Waals surface area contributed by atoms with E-state index in [0.717, 1.165) is 5.56 Å². The molecule has 1 unspecified atom stereocenters. The molecule has 0 aromatic heterocycles. The van der Waals surface area contributed by atoms with E-state index in [9.17, 15) is 9.59 Å². The van der Waals surface area contributed by atoms with Gasteiger partial charge in [-0.15, -0.1) is 0 Å². The van der Waals surface area contributed by atoms with Crippen molar-refractivity contribution in [3.8, 4) is 0 Å². The van der Waals surface area contributed by atoms with Gasteiger partial charge < -0.3 is 9.84 Å². The summed E-state index contributed by atoms with van der Waals surface area (Å²) in [6, 6.07) is 9.24. The molecule has 0 radical (unpaired) electrons. The lowest BCUT2D eigenvalue weighted by Gasteiger charge is -2.10. The van der Waals surface area contributed by atoms with Crippen LogP contribution in [-0.4, -0.2) is 23.1 Å². The van der Waals surface area contributed by atoms with Crippen molar-refractivity contribution in [3.63, 3.8) is 0 Å². The Labute approximate surface area is 105 Å². The van der Waals surface area contributed by atoms with Gasteiger partial charge in [0.25, 0.3) is 0 Å². The molecule has 0 fully saturated rings. The van der Waals surface area contributed by atoms with Crippen molar-refractivity contribution in [1.82, 2.24) is 0 Å². The molecule has 0 saturated carbocycles. The third-order valence-corrected chi connectivity index (χ3v) is 2.27. The zero-order valence-electron chi connectivity index (χ0n) is 10.00. The van der Waals surface area contributed by atoms with Crippen molar-refractivity contribution >= 4 is 18.0 Å². The molecule has 0 saturated heterocycles. The molecule has 1 atom stereocenters. The molecule has 94 valence electrons. The molecule has 0 aliphatic carbocycles. The van der Waals surface area contributed by atoms with Crippen LogP contribution in [0.2, 0.25) is 0 Å². The Bertz CT molecular complexity index is 474. The van der Waals surface area contributed by atoms with Crippen molar-refractivity contribution in [2.24, 2.45) is 0 Å². The van der Waals surface area contributed by atoms with Gasteiger partial charge in [0.15, 0.2) is 0 Å². The molecule has 1 N–H and O–H groups in total. The second-order valence-electron chi connectivity index (χ2n) is 3.65. The first-order valence-corrected chi connectivity index (χ1v) is 5.36. The molecule has 1 aromatic rings. The molecule has 4 heteroatoms. The first-order valence-electron chi connectivity index (χ1n) is 5.36. The van der Waals surface area contributed by atoms with E-state index in [4.69, 9.17) is 9.84 Å².